The van der Waals surface area contributed by atoms with Gasteiger partial charge in [0.25, 0.3) is 5.91 Å². The lowest BCUT2D eigenvalue weighted by molar-refractivity contribution is 0.0247. The summed E-state index contributed by atoms with van der Waals surface area (Å²) in [5.41, 5.74) is -0.719. The Morgan fingerprint density at radius 1 is 1.19 bits per heavy atom. The second-order valence-corrected chi connectivity index (χ2v) is 7.05. The predicted molar refractivity (Wildman–Crippen MR) is 86.8 cm³/mol. The van der Waals surface area contributed by atoms with Gasteiger partial charge in [-0.15, -0.1) is 11.3 Å². The highest BCUT2D eigenvalue weighted by atomic mass is 32.1. The van der Waals surface area contributed by atoms with Gasteiger partial charge in [-0.3, -0.25) is 4.79 Å². The molecule has 21 heavy (non-hydrogen) atoms. The van der Waals surface area contributed by atoms with E-state index in [1.54, 1.807) is 0 Å². The van der Waals surface area contributed by atoms with Crippen LogP contribution >= 0.6 is 11.3 Å². The Morgan fingerprint density at radius 3 is 2.62 bits per heavy atom. The molecule has 1 aliphatic rings. The minimum atomic E-state index is -0.719. The van der Waals surface area contributed by atoms with Gasteiger partial charge in [-0.25, -0.2) is 0 Å². The molecule has 3 nitrogen and oxygen atoms in total. The fourth-order valence-corrected chi connectivity index (χ4v) is 3.97. The summed E-state index contributed by atoms with van der Waals surface area (Å²) in [5.74, 6) is -0.0751. The van der Waals surface area contributed by atoms with E-state index < -0.39 is 5.60 Å². The van der Waals surface area contributed by atoms with Gasteiger partial charge in [0.1, 0.15) is 0 Å². The molecule has 0 bridgehead atoms. The average Bonchev–Trinajstić information content (AvgIpc) is 2.81. The van der Waals surface area contributed by atoms with Crippen molar-refractivity contribution >= 4 is 27.3 Å². The standard InChI is InChI=1S/C17H21NO2S/c19-16(15-11-13-7-3-4-8-14(13)21-15)18-12-17(20)9-5-1-2-6-10-17/h3-4,7-8,11,20H,1-2,5-6,9-10,12H2,(H,18,19). The molecule has 1 heterocycles. The fraction of sp³-hybridized carbons (Fsp3) is 0.471. The summed E-state index contributed by atoms with van der Waals surface area (Å²) < 4.78 is 1.12. The number of hydrogen-bond acceptors (Lipinski definition) is 3. The molecule has 1 aromatic carbocycles. The van der Waals surface area contributed by atoms with Crippen LogP contribution in [-0.2, 0) is 0 Å². The topological polar surface area (TPSA) is 49.3 Å². The van der Waals surface area contributed by atoms with Crippen molar-refractivity contribution in [3.8, 4) is 0 Å². The third-order valence-corrected chi connectivity index (χ3v) is 5.38. The molecule has 3 rings (SSSR count). The molecule has 1 saturated carbocycles. The van der Waals surface area contributed by atoms with Crippen molar-refractivity contribution in [2.75, 3.05) is 6.54 Å². The largest absolute Gasteiger partial charge is 0.388 e. The van der Waals surface area contributed by atoms with E-state index in [9.17, 15) is 9.90 Å². The van der Waals surface area contributed by atoms with Crippen LogP contribution in [0.5, 0.6) is 0 Å². The highest BCUT2D eigenvalue weighted by molar-refractivity contribution is 7.20. The molecule has 1 aromatic heterocycles. The summed E-state index contributed by atoms with van der Waals surface area (Å²) in [7, 11) is 0. The lowest BCUT2D eigenvalue weighted by Gasteiger charge is -2.26. The van der Waals surface area contributed by atoms with Gasteiger partial charge in [0, 0.05) is 11.2 Å². The van der Waals surface area contributed by atoms with Crippen LogP contribution in [0.3, 0.4) is 0 Å². The third kappa shape index (κ3) is 3.44. The van der Waals surface area contributed by atoms with Gasteiger partial charge < -0.3 is 10.4 Å². The zero-order valence-corrected chi connectivity index (χ0v) is 12.9. The predicted octanol–water partition coefficient (Wildman–Crippen LogP) is 3.72. The number of carbonyl (C=O) groups is 1. The third-order valence-electron chi connectivity index (χ3n) is 4.26. The van der Waals surface area contributed by atoms with Crippen molar-refractivity contribution in [3.05, 3.63) is 35.2 Å². The van der Waals surface area contributed by atoms with Crippen LogP contribution in [0.1, 0.15) is 48.2 Å². The number of carbonyl (C=O) groups excluding carboxylic acids is 1. The number of hydrogen-bond donors (Lipinski definition) is 2. The highest BCUT2D eigenvalue weighted by Gasteiger charge is 2.28. The minimum Gasteiger partial charge on any atom is -0.388 e. The van der Waals surface area contributed by atoms with Crippen LogP contribution in [0, 0.1) is 0 Å². The normalized spacial score (nSPS) is 18.3. The van der Waals surface area contributed by atoms with Crippen LogP contribution in [0.2, 0.25) is 0 Å². The van der Waals surface area contributed by atoms with Crippen LogP contribution in [-0.4, -0.2) is 23.2 Å². The number of nitrogens with one attached hydrogen (secondary N) is 1. The van der Waals surface area contributed by atoms with Crippen molar-refractivity contribution in [2.45, 2.75) is 44.1 Å². The molecule has 112 valence electrons. The van der Waals surface area contributed by atoms with E-state index in [2.05, 4.69) is 5.32 Å². The van der Waals surface area contributed by atoms with Crippen LogP contribution < -0.4 is 5.32 Å². The molecule has 0 unspecified atom stereocenters. The summed E-state index contributed by atoms with van der Waals surface area (Å²) in [5, 5.41) is 14.6. The van der Waals surface area contributed by atoms with Crippen LogP contribution in [0.25, 0.3) is 10.1 Å². The summed E-state index contributed by atoms with van der Waals surface area (Å²) in [6, 6.07) is 9.92. The minimum absolute atomic E-state index is 0.0751. The molecule has 4 heteroatoms. The zero-order valence-electron chi connectivity index (χ0n) is 12.1. The molecule has 0 atom stereocenters. The smallest absolute Gasteiger partial charge is 0.261 e. The Labute approximate surface area is 129 Å². The fourth-order valence-electron chi connectivity index (χ4n) is 2.99. The van der Waals surface area contributed by atoms with Crippen LogP contribution in [0.15, 0.2) is 30.3 Å². The lowest BCUT2D eigenvalue weighted by atomic mass is 9.94. The van der Waals surface area contributed by atoms with E-state index in [4.69, 9.17) is 0 Å². The first-order chi connectivity index (χ1) is 10.2. The summed E-state index contributed by atoms with van der Waals surface area (Å²) in [6.45, 7) is 0.361. The molecule has 0 spiro atoms. The average molecular weight is 303 g/mol. The monoisotopic (exact) mass is 303 g/mol. The summed E-state index contributed by atoms with van der Waals surface area (Å²) in [4.78, 5) is 13.0. The first-order valence-electron chi connectivity index (χ1n) is 7.65. The molecule has 2 aromatic rings. The first kappa shape index (κ1) is 14.5. The molecule has 1 fully saturated rings. The van der Waals surface area contributed by atoms with E-state index in [1.165, 1.54) is 24.2 Å². The van der Waals surface area contributed by atoms with Gasteiger partial charge in [0.15, 0.2) is 0 Å². The van der Waals surface area contributed by atoms with E-state index in [1.807, 2.05) is 30.3 Å². The van der Waals surface area contributed by atoms with Crippen molar-refractivity contribution < 1.29 is 9.90 Å². The Morgan fingerprint density at radius 2 is 1.90 bits per heavy atom. The van der Waals surface area contributed by atoms with E-state index in [-0.39, 0.29) is 5.91 Å². The Hall–Kier alpha value is -1.39. The number of aliphatic hydroxyl groups is 1. The number of benzene rings is 1. The molecule has 0 aliphatic heterocycles. The van der Waals surface area contributed by atoms with Crippen molar-refractivity contribution in [3.63, 3.8) is 0 Å². The molecular formula is C17H21NO2S. The maximum atomic E-state index is 12.3. The maximum absolute atomic E-state index is 12.3. The van der Waals surface area contributed by atoms with Gasteiger partial charge in [0.2, 0.25) is 0 Å². The molecule has 0 radical (unpaired) electrons. The second-order valence-electron chi connectivity index (χ2n) is 5.97. The molecule has 2 N–H and O–H groups in total. The quantitative estimate of drug-likeness (QED) is 0.849. The van der Waals surface area contributed by atoms with Gasteiger partial charge in [0.05, 0.1) is 10.5 Å². The number of amides is 1. The number of thiophene rings is 1. The highest BCUT2D eigenvalue weighted by Crippen LogP contribution is 2.27. The lowest BCUT2D eigenvalue weighted by Crippen LogP contribution is -2.42. The molecule has 1 amide bonds. The van der Waals surface area contributed by atoms with Crippen molar-refractivity contribution in [2.24, 2.45) is 0 Å². The Bertz CT molecular complexity index is 594. The maximum Gasteiger partial charge on any atom is 0.261 e. The Balaban J connectivity index is 1.65. The van der Waals surface area contributed by atoms with Gasteiger partial charge in [-0.05, 0) is 30.4 Å². The summed E-state index contributed by atoms with van der Waals surface area (Å²) in [6.07, 6.45) is 6.06. The SMILES string of the molecule is O=C(NCC1(O)CCCCCC1)c1cc2ccccc2s1. The Kier molecular flexibility index (Phi) is 4.27. The zero-order chi connectivity index (χ0) is 14.7. The first-order valence-corrected chi connectivity index (χ1v) is 8.47. The second kappa shape index (κ2) is 6.16. The van der Waals surface area contributed by atoms with Crippen molar-refractivity contribution in [1.29, 1.82) is 0 Å². The van der Waals surface area contributed by atoms with Crippen LogP contribution in [0.4, 0.5) is 0 Å². The van der Waals surface area contributed by atoms with Crippen molar-refractivity contribution in [1.82, 2.24) is 5.32 Å². The summed E-state index contributed by atoms with van der Waals surface area (Å²) >= 11 is 1.50. The molecular weight excluding hydrogens is 282 g/mol. The van der Waals surface area contributed by atoms with E-state index >= 15 is 0 Å². The number of fused-ring (bicyclic) bond motifs is 1. The van der Waals surface area contributed by atoms with Gasteiger partial charge in [-0.2, -0.15) is 0 Å². The molecule has 0 saturated heterocycles. The van der Waals surface area contributed by atoms with Gasteiger partial charge >= 0.3 is 0 Å². The van der Waals surface area contributed by atoms with E-state index in [0.29, 0.717) is 11.4 Å². The number of rotatable bonds is 3. The van der Waals surface area contributed by atoms with Gasteiger partial charge in [-0.1, -0.05) is 43.9 Å². The van der Waals surface area contributed by atoms with E-state index in [0.717, 1.165) is 35.8 Å². The molecule has 1 aliphatic carbocycles.